The number of aromatic nitrogens is 2. The lowest BCUT2D eigenvalue weighted by Crippen LogP contribution is -2.39. The van der Waals surface area contributed by atoms with Crippen molar-refractivity contribution in [1.29, 1.82) is 0 Å². The smallest absolute Gasteiger partial charge is 0.370 e. The first-order valence-corrected chi connectivity index (χ1v) is 13.1. The van der Waals surface area contributed by atoms with E-state index >= 15 is 0 Å². The van der Waals surface area contributed by atoms with E-state index < -0.39 is 5.97 Å². The van der Waals surface area contributed by atoms with Crippen molar-refractivity contribution in [3.05, 3.63) is 71.0 Å². The quantitative estimate of drug-likeness (QED) is 0.368. The second kappa shape index (κ2) is 9.50. The molecule has 1 aliphatic carbocycles. The molecular weight excluding hydrogens is 504 g/mol. The molecular formula is C28H28N4O5S. The maximum atomic E-state index is 13.8. The van der Waals surface area contributed by atoms with Gasteiger partial charge in [-0.25, -0.2) is 9.48 Å². The number of rotatable bonds is 7. The van der Waals surface area contributed by atoms with Gasteiger partial charge in [-0.2, -0.15) is 5.10 Å². The van der Waals surface area contributed by atoms with Crippen LogP contribution in [0.1, 0.15) is 57.8 Å². The number of hydrogen-bond donors (Lipinski definition) is 1. The Bertz CT molecular complexity index is 1410. The van der Waals surface area contributed by atoms with E-state index in [0.29, 0.717) is 42.1 Å². The highest BCUT2D eigenvalue weighted by Crippen LogP contribution is 2.49. The van der Waals surface area contributed by atoms with Gasteiger partial charge >= 0.3 is 5.97 Å². The van der Waals surface area contributed by atoms with Gasteiger partial charge < -0.3 is 18.7 Å². The van der Waals surface area contributed by atoms with Gasteiger partial charge in [0.1, 0.15) is 11.4 Å². The van der Waals surface area contributed by atoms with Crippen LogP contribution >= 0.6 is 12.9 Å². The molecule has 3 heterocycles. The lowest BCUT2D eigenvalue weighted by molar-refractivity contribution is -0.128. The number of methoxy groups -OCH3 is 1. The van der Waals surface area contributed by atoms with E-state index in [1.807, 2.05) is 17.0 Å². The summed E-state index contributed by atoms with van der Waals surface area (Å²) in [7, 11) is 1.58. The fourth-order valence-corrected chi connectivity index (χ4v) is 5.73. The summed E-state index contributed by atoms with van der Waals surface area (Å²) < 4.78 is 11.4. The average molecular weight is 533 g/mol. The standard InChI is InChI=1S/C28H28N4O5S/c1-36-21-10-8-20(9-11-21)32-25-22(24(29-32)27(35)37-38)12-16-31(26(25)34)19-6-4-18(5-7-19)28(13-14-28)17-30-15-2-3-23(30)33/h4-11,38H,2-3,12-17H2,1H3. The molecule has 2 aliphatic heterocycles. The van der Waals surface area contributed by atoms with Crippen molar-refractivity contribution in [2.75, 3.05) is 31.6 Å². The largest absolute Gasteiger partial charge is 0.497 e. The van der Waals surface area contributed by atoms with E-state index in [-0.39, 0.29) is 22.9 Å². The first kappa shape index (κ1) is 24.5. The second-order valence-electron chi connectivity index (χ2n) is 10.1. The predicted molar refractivity (Wildman–Crippen MR) is 143 cm³/mol. The third kappa shape index (κ3) is 4.13. The van der Waals surface area contributed by atoms with E-state index in [0.717, 1.165) is 38.0 Å². The minimum Gasteiger partial charge on any atom is -0.497 e. The molecule has 0 spiro atoms. The molecule has 1 saturated heterocycles. The Kier molecular flexibility index (Phi) is 6.14. The molecule has 6 rings (SSSR count). The van der Waals surface area contributed by atoms with Crippen LogP contribution < -0.4 is 9.64 Å². The van der Waals surface area contributed by atoms with Gasteiger partial charge in [-0.15, -0.1) is 0 Å². The summed E-state index contributed by atoms with van der Waals surface area (Å²) in [4.78, 5) is 42.1. The number of hydrogen-bond acceptors (Lipinski definition) is 7. The zero-order chi connectivity index (χ0) is 26.4. The minimum absolute atomic E-state index is 0.0206. The molecule has 3 aromatic rings. The number of likely N-dealkylation sites (tertiary alicyclic amines) is 1. The third-order valence-electron chi connectivity index (χ3n) is 7.92. The Morgan fingerprint density at radius 3 is 2.32 bits per heavy atom. The molecule has 196 valence electrons. The Balaban J connectivity index is 1.30. The number of fused-ring (bicyclic) bond motifs is 1. The lowest BCUT2D eigenvalue weighted by atomic mass is 9.94. The molecule has 3 aliphatic rings. The molecule has 0 unspecified atom stereocenters. The van der Waals surface area contributed by atoms with Crippen LogP contribution in [0, 0.1) is 0 Å². The lowest BCUT2D eigenvalue weighted by Gasteiger charge is -2.29. The molecule has 10 heteroatoms. The van der Waals surface area contributed by atoms with E-state index in [9.17, 15) is 14.4 Å². The molecule has 1 aromatic heterocycles. The molecule has 0 atom stereocenters. The van der Waals surface area contributed by atoms with Crippen molar-refractivity contribution < 1.29 is 23.3 Å². The summed E-state index contributed by atoms with van der Waals surface area (Å²) >= 11 is 3.66. The zero-order valence-corrected chi connectivity index (χ0v) is 21.9. The van der Waals surface area contributed by atoms with Gasteiger partial charge in [-0.1, -0.05) is 12.1 Å². The molecule has 2 fully saturated rings. The Morgan fingerprint density at radius 1 is 1.00 bits per heavy atom. The number of benzene rings is 2. The van der Waals surface area contributed by atoms with Crippen LogP contribution in [-0.4, -0.2) is 59.2 Å². The van der Waals surface area contributed by atoms with Gasteiger partial charge in [-0.3, -0.25) is 9.59 Å². The number of carbonyl (C=O) groups excluding carboxylic acids is 3. The number of nitrogens with zero attached hydrogens (tertiary/aromatic N) is 4. The van der Waals surface area contributed by atoms with E-state index in [1.165, 1.54) is 10.2 Å². The number of carbonyl (C=O) groups is 3. The molecule has 0 bridgehead atoms. The maximum Gasteiger partial charge on any atom is 0.370 e. The molecule has 1 saturated carbocycles. The molecule has 38 heavy (non-hydrogen) atoms. The van der Waals surface area contributed by atoms with Crippen molar-refractivity contribution in [3.63, 3.8) is 0 Å². The number of amides is 2. The predicted octanol–water partition coefficient (Wildman–Crippen LogP) is 3.74. The third-order valence-corrected chi connectivity index (χ3v) is 8.09. The molecule has 2 aromatic carbocycles. The van der Waals surface area contributed by atoms with E-state index in [1.54, 1.807) is 36.3 Å². The topological polar surface area (TPSA) is 94.0 Å². The number of thiol groups is 1. The van der Waals surface area contributed by atoms with Crippen LogP contribution in [0.2, 0.25) is 0 Å². The number of anilines is 1. The summed E-state index contributed by atoms with van der Waals surface area (Å²) in [6.45, 7) is 2.01. The van der Waals surface area contributed by atoms with E-state index in [4.69, 9.17) is 4.74 Å². The van der Waals surface area contributed by atoms with Crippen LogP contribution in [0.5, 0.6) is 5.75 Å². The summed E-state index contributed by atoms with van der Waals surface area (Å²) in [5, 5.41) is 4.45. The van der Waals surface area contributed by atoms with Gasteiger partial charge in [0.15, 0.2) is 5.69 Å². The van der Waals surface area contributed by atoms with E-state index in [2.05, 4.69) is 34.3 Å². The minimum atomic E-state index is -0.700. The zero-order valence-electron chi connectivity index (χ0n) is 21.1. The summed E-state index contributed by atoms with van der Waals surface area (Å²) in [5.74, 6) is -0.0319. The van der Waals surface area contributed by atoms with Crippen LogP contribution in [0.15, 0.2) is 48.5 Å². The maximum absolute atomic E-state index is 13.8. The summed E-state index contributed by atoms with van der Waals surface area (Å²) in [5.41, 5.74) is 3.58. The van der Waals surface area contributed by atoms with Crippen LogP contribution in [0.3, 0.4) is 0 Å². The first-order valence-electron chi connectivity index (χ1n) is 12.8. The Labute approximate surface area is 225 Å². The second-order valence-corrected chi connectivity index (χ2v) is 10.3. The average Bonchev–Trinajstić information content (AvgIpc) is 3.46. The fraction of sp³-hybridized carbons (Fsp3) is 0.357. The van der Waals surface area contributed by atoms with Crippen molar-refractivity contribution in [2.24, 2.45) is 0 Å². The summed E-state index contributed by atoms with van der Waals surface area (Å²) in [6, 6.07) is 15.2. The Morgan fingerprint density at radius 2 is 1.71 bits per heavy atom. The Hall–Kier alpha value is -3.79. The highest BCUT2D eigenvalue weighted by molar-refractivity contribution is 7.75. The van der Waals surface area contributed by atoms with Crippen LogP contribution in [-0.2, 0) is 20.8 Å². The van der Waals surface area contributed by atoms with Crippen molar-refractivity contribution in [1.82, 2.24) is 14.7 Å². The highest BCUT2D eigenvalue weighted by Gasteiger charge is 2.47. The normalized spacial score (nSPS) is 17.9. The van der Waals surface area contributed by atoms with Crippen molar-refractivity contribution in [2.45, 2.75) is 37.5 Å². The van der Waals surface area contributed by atoms with Gasteiger partial charge in [-0.05, 0) is 67.6 Å². The first-order chi connectivity index (χ1) is 18.4. The van der Waals surface area contributed by atoms with Gasteiger partial charge in [0.05, 0.1) is 12.8 Å². The summed E-state index contributed by atoms with van der Waals surface area (Å²) in [6.07, 6.45) is 4.15. The van der Waals surface area contributed by atoms with Crippen molar-refractivity contribution in [3.8, 4) is 11.4 Å². The molecule has 9 nitrogen and oxygen atoms in total. The highest BCUT2D eigenvalue weighted by atomic mass is 32.1. The fourth-order valence-electron chi connectivity index (χ4n) is 5.64. The molecule has 0 N–H and O–H groups in total. The van der Waals surface area contributed by atoms with Crippen LogP contribution in [0.25, 0.3) is 5.69 Å². The van der Waals surface area contributed by atoms with Gasteiger partial charge in [0, 0.05) is 55.6 Å². The van der Waals surface area contributed by atoms with Crippen LogP contribution in [0.4, 0.5) is 5.69 Å². The van der Waals surface area contributed by atoms with Gasteiger partial charge in [0.25, 0.3) is 5.91 Å². The van der Waals surface area contributed by atoms with Crippen molar-refractivity contribution >= 4 is 36.4 Å². The monoisotopic (exact) mass is 532 g/mol. The molecule has 2 amide bonds. The van der Waals surface area contributed by atoms with Gasteiger partial charge in [0.2, 0.25) is 5.91 Å². The molecule has 0 radical (unpaired) electrons. The number of ether oxygens (including phenoxy) is 1. The SMILES string of the molecule is COc1ccc(-n2nc(C(=O)OS)c3c2C(=O)N(c2ccc(C4(CN5CCCC5=O)CC4)cc2)CC3)cc1.